The van der Waals surface area contributed by atoms with Crippen LogP contribution >= 0.6 is 34.8 Å². The fourth-order valence-corrected chi connectivity index (χ4v) is 4.68. The van der Waals surface area contributed by atoms with Crippen LogP contribution in [-0.4, -0.2) is 28.5 Å². The number of carbonyl (C=O) groups excluding carboxylic acids is 1. The van der Waals surface area contributed by atoms with E-state index >= 15 is 0 Å². The largest absolute Gasteiger partial charge is 0.366 e. The number of aromatic nitrogens is 2. The van der Waals surface area contributed by atoms with Crippen molar-refractivity contribution >= 4 is 63.1 Å². The summed E-state index contributed by atoms with van der Waals surface area (Å²) in [5.74, 6) is -0.291. The average molecular weight is 544 g/mol. The van der Waals surface area contributed by atoms with Gasteiger partial charge in [-0.25, -0.2) is 4.98 Å². The van der Waals surface area contributed by atoms with Crippen molar-refractivity contribution in [3.05, 3.63) is 74.0 Å². The number of carbonyl (C=O) groups is 1. The molecule has 2 aromatic heterocycles. The van der Waals surface area contributed by atoms with Gasteiger partial charge in [0.1, 0.15) is 11.3 Å². The van der Waals surface area contributed by atoms with Gasteiger partial charge in [0.05, 0.1) is 16.4 Å². The number of amides is 1. The summed E-state index contributed by atoms with van der Waals surface area (Å²) in [6, 6.07) is 14.5. The quantitative estimate of drug-likeness (QED) is 0.293. The first-order chi connectivity index (χ1) is 17.0. The van der Waals surface area contributed by atoms with Crippen LogP contribution < -0.4 is 15.8 Å². The highest BCUT2D eigenvalue weighted by atomic mass is 35.5. The summed E-state index contributed by atoms with van der Waals surface area (Å²) in [7, 11) is 3.50. The van der Waals surface area contributed by atoms with Crippen molar-refractivity contribution in [2.45, 2.75) is 26.8 Å². The summed E-state index contributed by atoms with van der Waals surface area (Å²) in [5, 5.41) is 5.03. The lowest BCUT2D eigenvalue weighted by atomic mass is 9.97. The minimum Gasteiger partial charge on any atom is -0.366 e. The van der Waals surface area contributed by atoms with Gasteiger partial charge in [-0.2, -0.15) is 0 Å². The first-order valence-corrected chi connectivity index (χ1v) is 12.4. The van der Waals surface area contributed by atoms with Crippen molar-refractivity contribution in [1.82, 2.24) is 9.55 Å². The van der Waals surface area contributed by atoms with Crippen molar-refractivity contribution < 1.29 is 4.79 Å². The monoisotopic (exact) mass is 542 g/mol. The summed E-state index contributed by atoms with van der Waals surface area (Å²) < 4.78 is 1.49. The van der Waals surface area contributed by atoms with E-state index < -0.39 is 0 Å². The number of halogens is 3. The van der Waals surface area contributed by atoms with Crippen molar-refractivity contribution in [1.29, 1.82) is 0 Å². The molecule has 1 N–H and O–H groups in total. The summed E-state index contributed by atoms with van der Waals surface area (Å²) in [4.78, 5) is 32.6. The lowest BCUT2D eigenvalue weighted by molar-refractivity contribution is -0.114. The Morgan fingerprint density at radius 3 is 2.22 bits per heavy atom. The van der Waals surface area contributed by atoms with Crippen LogP contribution in [0, 0.1) is 0 Å². The lowest BCUT2D eigenvalue weighted by Gasteiger charge is -2.27. The topological polar surface area (TPSA) is 67.2 Å². The molecule has 0 saturated heterocycles. The number of pyridine rings is 2. The zero-order chi connectivity index (χ0) is 26.3. The minimum atomic E-state index is -0.291. The normalized spacial score (nSPS) is 11.2. The van der Waals surface area contributed by atoms with Crippen LogP contribution in [0.3, 0.4) is 0 Å². The zero-order valence-electron chi connectivity index (χ0n) is 20.5. The summed E-state index contributed by atoms with van der Waals surface area (Å²) in [5.41, 5.74) is 3.75. The van der Waals surface area contributed by atoms with Gasteiger partial charge in [-0.1, -0.05) is 46.9 Å². The van der Waals surface area contributed by atoms with E-state index in [1.165, 1.54) is 11.5 Å². The van der Waals surface area contributed by atoms with Crippen molar-refractivity contribution in [3.8, 4) is 22.4 Å². The minimum absolute atomic E-state index is 0.0125. The molecule has 0 aliphatic carbocycles. The van der Waals surface area contributed by atoms with E-state index in [1.807, 2.05) is 44.0 Å². The second kappa shape index (κ2) is 10.1. The van der Waals surface area contributed by atoms with Gasteiger partial charge in [0, 0.05) is 53.6 Å². The lowest BCUT2D eigenvalue weighted by Crippen LogP contribution is -2.35. The van der Waals surface area contributed by atoms with E-state index in [1.54, 1.807) is 37.4 Å². The van der Waals surface area contributed by atoms with Gasteiger partial charge >= 0.3 is 0 Å². The molecule has 4 aromatic rings. The van der Waals surface area contributed by atoms with Crippen LogP contribution in [0.5, 0.6) is 0 Å². The number of aryl methyl sites for hydroxylation is 1. The number of hydrogen-bond donors (Lipinski definition) is 1. The fraction of sp³-hybridized carbons (Fsp3) is 0.222. The molecule has 0 spiro atoms. The molecule has 2 heterocycles. The van der Waals surface area contributed by atoms with Gasteiger partial charge < -0.3 is 10.2 Å². The maximum absolute atomic E-state index is 13.6. The van der Waals surface area contributed by atoms with E-state index in [2.05, 4.69) is 5.32 Å². The third-order valence-electron chi connectivity index (χ3n) is 6.10. The fourth-order valence-electron chi connectivity index (χ4n) is 4.06. The van der Waals surface area contributed by atoms with Crippen LogP contribution in [0.2, 0.25) is 15.1 Å². The summed E-state index contributed by atoms with van der Waals surface area (Å²) >= 11 is 18.9. The molecule has 6 nitrogen and oxygen atoms in total. The first kappa shape index (κ1) is 26.0. The van der Waals surface area contributed by atoms with Gasteiger partial charge in [-0.15, -0.1) is 0 Å². The molecule has 0 unspecified atom stereocenters. The van der Waals surface area contributed by atoms with Crippen molar-refractivity contribution in [2.75, 3.05) is 17.3 Å². The predicted octanol–water partition coefficient (Wildman–Crippen LogP) is 7.03. The molecule has 0 aliphatic heterocycles. The molecule has 0 saturated carbocycles. The SMILES string of the molecule is CC(=O)Nc1c(N(C)C(C)C)c(=O)n(C)c2nc(-c3ccc(Cl)cc3Cl)c(-c3ccc(Cl)cc3)cc12. The average Bonchev–Trinajstić information content (AvgIpc) is 2.82. The first-order valence-electron chi connectivity index (χ1n) is 11.3. The number of nitrogens with one attached hydrogen (secondary N) is 1. The predicted molar refractivity (Wildman–Crippen MR) is 151 cm³/mol. The van der Waals surface area contributed by atoms with Gasteiger partial charge in [0.25, 0.3) is 5.56 Å². The molecule has 186 valence electrons. The molecule has 0 bridgehead atoms. The highest BCUT2D eigenvalue weighted by Crippen LogP contribution is 2.40. The van der Waals surface area contributed by atoms with Gasteiger partial charge in [0.2, 0.25) is 5.91 Å². The molecule has 1 amide bonds. The van der Waals surface area contributed by atoms with Crippen LogP contribution in [0.1, 0.15) is 20.8 Å². The molecule has 0 fully saturated rings. The van der Waals surface area contributed by atoms with Gasteiger partial charge in [-0.05, 0) is 55.8 Å². The van der Waals surface area contributed by atoms with Crippen molar-refractivity contribution in [3.63, 3.8) is 0 Å². The Labute approximate surface area is 224 Å². The van der Waals surface area contributed by atoms with E-state index in [4.69, 9.17) is 39.8 Å². The Bertz CT molecular complexity index is 1550. The van der Waals surface area contributed by atoms with Crippen LogP contribution in [0.4, 0.5) is 11.4 Å². The third-order valence-corrected chi connectivity index (χ3v) is 6.90. The Morgan fingerprint density at radius 2 is 1.64 bits per heavy atom. The molecule has 2 aromatic carbocycles. The number of anilines is 2. The maximum Gasteiger partial charge on any atom is 0.277 e. The molecule has 0 radical (unpaired) electrons. The van der Waals surface area contributed by atoms with E-state index in [0.717, 1.165) is 11.1 Å². The number of rotatable bonds is 5. The van der Waals surface area contributed by atoms with E-state index in [-0.39, 0.29) is 17.5 Å². The van der Waals surface area contributed by atoms with Crippen LogP contribution in [0.25, 0.3) is 33.4 Å². The molecule has 0 atom stereocenters. The van der Waals surface area contributed by atoms with Gasteiger partial charge in [0.15, 0.2) is 0 Å². The molecule has 0 aliphatic rings. The van der Waals surface area contributed by atoms with E-state index in [9.17, 15) is 9.59 Å². The Kier molecular flexibility index (Phi) is 7.32. The standard InChI is InChI=1S/C27H25Cl3N4O2/c1-14(2)33(4)25-24(31-15(3)35)21-13-20(16-6-8-17(28)9-7-16)23(32-26(21)34(5)27(25)36)19-11-10-18(29)12-22(19)30/h6-14H,1-5H3,(H,31,35). The van der Waals surface area contributed by atoms with Crippen LogP contribution in [-0.2, 0) is 11.8 Å². The Morgan fingerprint density at radius 1 is 1.00 bits per heavy atom. The molecule has 9 heteroatoms. The summed E-state index contributed by atoms with van der Waals surface area (Å²) in [6.45, 7) is 5.37. The Balaban J connectivity index is 2.19. The number of hydrogen-bond acceptors (Lipinski definition) is 4. The number of nitrogens with zero attached hydrogens (tertiary/aromatic N) is 3. The maximum atomic E-state index is 13.6. The zero-order valence-corrected chi connectivity index (χ0v) is 22.8. The second-order valence-electron chi connectivity index (χ2n) is 8.86. The molecule has 36 heavy (non-hydrogen) atoms. The second-order valence-corrected chi connectivity index (χ2v) is 10.1. The van der Waals surface area contributed by atoms with Crippen molar-refractivity contribution in [2.24, 2.45) is 7.05 Å². The highest BCUT2D eigenvalue weighted by molar-refractivity contribution is 6.36. The molecule has 4 rings (SSSR count). The number of benzene rings is 2. The Hall–Kier alpha value is -3.06. The third kappa shape index (κ3) is 4.81. The van der Waals surface area contributed by atoms with E-state index in [0.29, 0.717) is 48.7 Å². The highest BCUT2D eigenvalue weighted by Gasteiger charge is 2.24. The number of fused-ring (bicyclic) bond motifs is 1. The smallest absolute Gasteiger partial charge is 0.277 e. The molecular formula is C27H25Cl3N4O2. The van der Waals surface area contributed by atoms with Gasteiger partial charge in [-0.3, -0.25) is 14.2 Å². The molecular weight excluding hydrogens is 519 g/mol. The van der Waals surface area contributed by atoms with Crippen LogP contribution in [0.15, 0.2) is 53.3 Å². The summed E-state index contributed by atoms with van der Waals surface area (Å²) in [6.07, 6.45) is 0.